The van der Waals surface area contributed by atoms with Crippen LogP contribution in [-0.2, 0) is 0 Å². The molecule has 0 aromatic heterocycles. The van der Waals surface area contributed by atoms with Crippen LogP contribution in [0.2, 0.25) is 0 Å². The summed E-state index contributed by atoms with van der Waals surface area (Å²) in [5.41, 5.74) is 2.37. The van der Waals surface area contributed by atoms with E-state index in [0.717, 1.165) is 45.7 Å². The zero-order chi connectivity index (χ0) is 14.5. The van der Waals surface area contributed by atoms with Crippen molar-refractivity contribution < 1.29 is 0 Å². The largest absolute Gasteiger partial charge is 0.382 e. The van der Waals surface area contributed by atoms with Gasteiger partial charge in [-0.15, -0.1) is 6.58 Å². The molecule has 0 aliphatic carbocycles. The summed E-state index contributed by atoms with van der Waals surface area (Å²) in [6.45, 7) is 11.5. The van der Waals surface area contributed by atoms with E-state index in [0.29, 0.717) is 0 Å². The van der Waals surface area contributed by atoms with E-state index in [-0.39, 0.29) is 0 Å². The molecule has 1 aromatic rings. The van der Waals surface area contributed by atoms with Gasteiger partial charge in [-0.25, -0.2) is 0 Å². The lowest BCUT2D eigenvalue weighted by molar-refractivity contribution is 0.625. The van der Waals surface area contributed by atoms with Crippen LogP contribution >= 0.6 is 0 Å². The molecule has 0 saturated heterocycles. The molecule has 0 saturated carbocycles. The SMILES string of the molecule is C=CCC.c1ccc2c(c1)NCCNCCNCCN2. The highest BCUT2D eigenvalue weighted by molar-refractivity contribution is 5.68. The average molecular weight is 276 g/mol. The minimum absolute atomic E-state index is 0.957. The quantitative estimate of drug-likeness (QED) is 0.595. The van der Waals surface area contributed by atoms with E-state index >= 15 is 0 Å². The summed E-state index contributed by atoms with van der Waals surface area (Å²) >= 11 is 0. The van der Waals surface area contributed by atoms with Crippen LogP contribution in [0.4, 0.5) is 11.4 Å². The van der Waals surface area contributed by atoms with Gasteiger partial charge in [-0.1, -0.05) is 25.1 Å². The van der Waals surface area contributed by atoms with Crippen molar-refractivity contribution in [2.45, 2.75) is 13.3 Å². The van der Waals surface area contributed by atoms with Gasteiger partial charge in [0.05, 0.1) is 11.4 Å². The number of hydrogen-bond donors (Lipinski definition) is 4. The first-order valence-electron chi connectivity index (χ1n) is 7.47. The standard InChI is InChI=1S/C12H20N4.C4H8/c1-2-4-12-11(3-1)15-9-7-13-5-6-14-8-10-16-12;1-3-4-2/h1-4,13-16H,5-10H2;3H,1,4H2,2H3. The molecule has 0 radical (unpaired) electrons. The van der Waals surface area contributed by atoms with Gasteiger partial charge in [-0.3, -0.25) is 0 Å². The van der Waals surface area contributed by atoms with Crippen LogP contribution in [0.15, 0.2) is 36.9 Å². The number of rotatable bonds is 1. The highest BCUT2D eigenvalue weighted by Gasteiger charge is 2.00. The van der Waals surface area contributed by atoms with E-state index in [4.69, 9.17) is 0 Å². The number of nitrogens with one attached hydrogen (secondary N) is 4. The molecule has 1 aromatic carbocycles. The number of anilines is 2. The molecular formula is C16H28N4. The van der Waals surface area contributed by atoms with Crippen LogP contribution in [0.1, 0.15) is 13.3 Å². The third-order valence-corrected chi connectivity index (χ3v) is 2.93. The van der Waals surface area contributed by atoms with E-state index in [2.05, 4.69) is 59.0 Å². The maximum atomic E-state index is 3.48. The fourth-order valence-corrected chi connectivity index (χ4v) is 1.79. The van der Waals surface area contributed by atoms with Crippen molar-refractivity contribution in [1.82, 2.24) is 10.6 Å². The molecular weight excluding hydrogens is 248 g/mol. The number of benzene rings is 1. The lowest BCUT2D eigenvalue weighted by Gasteiger charge is -2.16. The Morgan fingerprint density at radius 2 is 1.30 bits per heavy atom. The average Bonchev–Trinajstić information content (AvgIpc) is 2.48. The molecule has 0 amide bonds. The third-order valence-electron chi connectivity index (χ3n) is 2.93. The molecule has 2 rings (SSSR count). The van der Waals surface area contributed by atoms with Gasteiger partial charge in [0.25, 0.3) is 0 Å². The first-order chi connectivity index (χ1) is 9.88. The lowest BCUT2D eigenvalue weighted by atomic mass is 10.2. The van der Waals surface area contributed by atoms with Crippen LogP contribution in [-0.4, -0.2) is 39.3 Å². The molecule has 1 heterocycles. The normalized spacial score (nSPS) is 15.8. The van der Waals surface area contributed by atoms with E-state index in [9.17, 15) is 0 Å². The monoisotopic (exact) mass is 276 g/mol. The van der Waals surface area contributed by atoms with Crippen molar-refractivity contribution in [3.05, 3.63) is 36.9 Å². The lowest BCUT2D eigenvalue weighted by Crippen LogP contribution is -2.33. The number of para-hydroxylation sites is 2. The molecule has 20 heavy (non-hydrogen) atoms. The summed E-state index contributed by atoms with van der Waals surface area (Å²) in [4.78, 5) is 0. The zero-order valence-corrected chi connectivity index (χ0v) is 12.5. The summed E-state index contributed by atoms with van der Waals surface area (Å²) in [6, 6.07) is 8.35. The van der Waals surface area contributed by atoms with Gasteiger partial charge < -0.3 is 21.3 Å². The predicted octanol–water partition coefficient (Wildman–Crippen LogP) is 2.29. The second kappa shape index (κ2) is 11.3. The van der Waals surface area contributed by atoms with Gasteiger partial charge in [-0.05, 0) is 18.6 Å². The molecule has 4 nitrogen and oxygen atoms in total. The van der Waals surface area contributed by atoms with Gasteiger partial charge in [0.15, 0.2) is 0 Å². The highest BCUT2D eigenvalue weighted by atomic mass is 15.0. The Kier molecular flexibility index (Phi) is 9.36. The van der Waals surface area contributed by atoms with Gasteiger partial charge >= 0.3 is 0 Å². The Morgan fingerprint density at radius 1 is 0.900 bits per heavy atom. The Balaban J connectivity index is 0.000000444. The molecule has 4 heteroatoms. The third kappa shape index (κ3) is 7.16. The first-order valence-corrected chi connectivity index (χ1v) is 7.47. The Hall–Kier alpha value is -1.52. The van der Waals surface area contributed by atoms with Crippen molar-refractivity contribution in [2.24, 2.45) is 0 Å². The van der Waals surface area contributed by atoms with Crippen molar-refractivity contribution >= 4 is 11.4 Å². The fourth-order valence-electron chi connectivity index (χ4n) is 1.79. The summed E-state index contributed by atoms with van der Waals surface area (Å²) in [5, 5.41) is 13.6. The van der Waals surface area contributed by atoms with Gasteiger partial charge in [0, 0.05) is 39.3 Å². The number of fused-ring (bicyclic) bond motifs is 1. The topological polar surface area (TPSA) is 48.1 Å². The molecule has 112 valence electrons. The van der Waals surface area contributed by atoms with E-state index < -0.39 is 0 Å². The summed E-state index contributed by atoms with van der Waals surface area (Å²) < 4.78 is 0. The van der Waals surface area contributed by atoms with Crippen LogP contribution < -0.4 is 21.3 Å². The molecule has 0 unspecified atom stereocenters. The molecule has 4 N–H and O–H groups in total. The van der Waals surface area contributed by atoms with Crippen LogP contribution in [0, 0.1) is 0 Å². The van der Waals surface area contributed by atoms with Gasteiger partial charge in [0.2, 0.25) is 0 Å². The van der Waals surface area contributed by atoms with Crippen LogP contribution in [0.3, 0.4) is 0 Å². The van der Waals surface area contributed by atoms with Crippen molar-refractivity contribution in [2.75, 3.05) is 49.9 Å². The molecule has 0 fully saturated rings. The van der Waals surface area contributed by atoms with Crippen LogP contribution in [0.5, 0.6) is 0 Å². The fraction of sp³-hybridized carbons (Fsp3) is 0.500. The molecule has 0 atom stereocenters. The zero-order valence-electron chi connectivity index (χ0n) is 12.5. The maximum absolute atomic E-state index is 3.48. The van der Waals surface area contributed by atoms with E-state index in [1.807, 2.05) is 6.08 Å². The molecule has 0 spiro atoms. The Morgan fingerprint density at radius 3 is 1.70 bits per heavy atom. The molecule has 1 aliphatic rings. The van der Waals surface area contributed by atoms with Crippen molar-refractivity contribution in [3.8, 4) is 0 Å². The summed E-state index contributed by atoms with van der Waals surface area (Å²) in [7, 11) is 0. The second-order valence-corrected chi connectivity index (χ2v) is 4.60. The van der Waals surface area contributed by atoms with Crippen molar-refractivity contribution in [3.63, 3.8) is 0 Å². The van der Waals surface area contributed by atoms with Crippen LogP contribution in [0.25, 0.3) is 0 Å². The smallest absolute Gasteiger partial charge is 0.0576 e. The Labute approximate surface area is 123 Å². The maximum Gasteiger partial charge on any atom is 0.0576 e. The second-order valence-electron chi connectivity index (χ2n) is 4.60. The summed E-state index contributed by atoms with van der Waals surface area (Å²) in [5.74, 6) is 0. The van der Waals surface area contributed by atoms with Crippen molar-refractivity contribution in [1.29, 1.82) is 0 Å². The minimum Gasteiger partial charge on any atom is -0.382 e. The number of allylic oxidation sites excluding steroid dienone is 1. The minimum atomic E-state index is 0.957. The predicted molar refractivity (Wildman–Crippen MR) is 89.6 cm³/mol. The Bertz CT molecular complexity index is 334. The van der Waals surface area contributed by atoms with E-state index in [1.165, 1.54) is 11.4 Å². The van der Waals surface area contributed by atoms with E-state index in [1.54, 1.807) is 0 Å². The summed E-state index contributed by atoms with van der Waals surface area (Å²) in [6.07, 6.45) is 2.96. The number of hydrogen-bond acceptors (Lipinski definition) is 4. The van der Waals surface area contributed by atoms with Gasteiger partial charge in [0.1, 0.15) is 0 Å². The molecule has 1 aliphatic heterocycles. The molecule has 0 bridgehead atoms. The highest BCUT2D eigenvalue weighted by Crippen LogP contribution is 2.19. The first kappa shape index (κ1) is 16.5. The van der Waals surface area contributed by atoms with Gasteiger partial charge in [-0.2, -0.15) is 0 Å².